The van der Waals surface area contributed by atoms with Gasteiger partial charge in [-0.1, -0.05) is 12.1 Å². The van der Waals surface area contributed by atoms with Gasteiger partial charge in [-0.05, 0) is 24.6 Å². The maximum Gasteiger partial charge on any atom is 0.248 e. The summed E-state index contributed by atoms with van der Waals surface area (Å²) in [6, 6.07) is 7.24. The summed E-state index contributed by atoms with van der Waals surface area (Å²) in [5, 5.41) is 7.57. The summed E-state index contributed by atoms with van der Waals surface area (Å²) < 4.78 is 0. The number of hydrogen-bond donors (Lipinski definition) is 3. The Balaban J connectivity index is 0.00000288. The lowest BCUT2D eigenvalue weighted by Crippen LogP contribution is -2.37. The molecule has 0 aliphatic carbocycles. The number of benzene rings is 1. The SMILES string of the molecule is CN=C(NCCc1ncc(C)s1)NCc1cccc(C(N)=O)c1.I. The second kappa shape index (κ2) is 10.2. The van der Waals surface area contributed by atoms with E-state index in [0.29, 0.717) is 18.1 Å². The molecule has 8 heteroatoms. The second-order valence-electron chi connectivity index (χ2n) is 5.03. The van der Waals surface area contributed by atoms with Crippen molar-refractivity contribution in [3.05, 3.63) is 51.5 Å². The van der Waals surface area contributed by atoms with Crippen LogP contribution < -0.4 is 16.4 Å². The van der Waals surface area contributed by atoms with Crippen molar-refractivity contribution in [3.8, 4) is 0 Å². The topological polar surface area (TPSA) is 92.4 Å². The molecular formula is C16H22IN5OS. The summed E-state index contributed by atoms with van der Waals surface area (Å²) in [5.74, 6) is 0.288. The number of hydrogen-bond acceptors (Lipinski definition) is 4. The summed E-state index contributed by atoms with van der Waals surface area (Å²) in [6.45, 7) is 3.38. The first-order chi connectivity index (χ1) is 11.1. The fourth-order valence-corrected chi connectivity index (χ4v) is 2.83. The number of nitrogens with two attached hydrogens (primary N) is 1. The molecule has 1 heterocycles. The molecule has 0 atom stereocenters. The van der Waals surface area contributed by atoms with Gasteiger partial charge in [0, 0.05) is 43.2 Å². The molecule has 24 heavy (non-hydrogen) atoms. The van der Waals surface area contributed by atoms with E-state index in [1.54, 1.807) is 30.5 Å². The molecular weight excluding hydrogens is 437 g/mol. The Kier molecular flexibility index (Phi) is 8.69. The summed E-state index contributed by atoms with van der Waals surface area (Å²) in [5.41, 5.74) is 6.77. The molecule has 0 saturated heterocycles. The van der Waals surface area contributed by atoms with Gasteiger partial charge in [-0.3, -0.25) is 9.79 Å². The van der Waals surface area contributed by atoms with Crippen LogP contribution in [0.3, 0.4) is 0 Å². The third-order valence-corrected chi connectivity index (χ3v) is 4.17. The number of carbonyl (C=O) groups excluding carboxylic acids is 1. The van der Waals surface area contributed by atoms with Crippen LogP contribution in [0.1, 0.15) is 25.8 Å². The number of primary amides is 1. The number of carbonyl (C=O) groups is 1. The molecule has 1 amide bonds. The van der Waals surface area contributed by atoms with Crippen LogP contribution in [0, 0.1) is 6.92 Å². The van der Waals surface area contributed by atoms with Crippen molar-refractivity contribution in [2.45, 2.75) is 19.9 Å². The monoisotopic (exact) mass is 459 g/mol. The van der Waals surface area contributed by atoms with Gasteiger partial charge in [0.2, 0.25) is 5.91 Å². The van der Waals surface area contributed by atoms with E-state index >= 15 is 0 Å². The highest BCUT2D eigenvalue weighted by Crippen LogP contribution is 2.10. The number of guanidine groups is 1. The van der Waals surface area contributed by atoms with Crippen LogP contribution in [0.5, 0.6) is 0 Å². The highest BCUT2D eigenvalue weighted by atomic mass is 127. The van der Waals surface area contributed by atoms with Crippen molar-refractivity contribution < 1.29 is 4.79 Å². The summed E-state index contributed by atoms with van der Waals surface area (Å²) in [7, 11) is 1.72. The fraction of sp³-hybridized carbons (Fsp3) is 0.312. The molecule has 2 rings (SSSR count). The van der Waals surface area contributed by atoms with Crippen molar-refractivity contribution in [1.29, 1.82) is 0 Å². The van der Waals surface area contributed by atoms with Crippen LogP contribution in [0.2, 0.25) is 0 Å². The van der Waals surface area contributed by atoms with E-state index in [0.717, 1.165) is 23.5 Å². The average Bonchev–Trinajstić information content (AvgIpc) is 2.96. The number of aliphatic imine (C=N–C) groups is 1. The summed E-state index contributed by atoms with van der Waals surface area (Å²) in [4.78, 5) is 20.9. The minimum absolute atomic E-state index is 0. The molecule has 0 spiro atoms. The highest BCUT2D eigenvalue weighted by molar-refractivity contribution is 14.0. The van der Waals surface area contributed by atoms with Gasteiger partial charge in [0.25, 0.3) is 0 Å². The number of nitrogens with one attached hydrogen (secondary N) is 2. The molecule has 0 bridgehead atoms. The van der Waals surface area contributed by atoms with Gasteiger partial charge in [0.15, 0.2) is 5.96 Å². The zero-order chi connectivity index (χ0) is 16.7. The predicted molar refractivity (Wildman–Crippen MR) is 109 cm³/mol. The van der Waals surface area contributed by atoms with Crippen LogP contribution in [-0.4, -0.2) is 30.4 Å². The van der Waals surface area contributed by atoms with Crippen LogP contribution in [0.4, 0.5) is 0 Å². The maximum absolute atomic E-state index is 11.2. The number of amides is 1. The van der Waals surface area contributed by atoms with E-state index < -0.39 is 5.91 Å². The molecule has 1 aromatic carbocycles. The van der Waals surface area contributed by atoms with Gasteiger partial charge >= 0.3 is 0 Å². The minimum Gasteiger partial charge on any atom is -0.366 e. The van der Waals surface area contributed by atoms with E-state index in [9.17, 15) is 4.79 Å². The number of thiazole rings is 1. The molecule has 1 aromatic heterocycles. The number of aromatic nitrogens is 1. The molecule has 0 radical (unpaired) electrons. The Morgan fingerprint density at radius 3 is 2.79 bits per heavy atom. The van der Waals surface area contributed by atoms with E-state index in [2.05, 4.69) is 27.5 Å². The van der Waals surface area contributed by atoms with E-state index in [-0.39, 0.29) is 24.0 Å². The third-order valence-electron chi connectivity index (χ3n) is 3.20. The molecule has 0 saturated carbocycles. The lowest BCUT2D eigenvalue weighted by Gasteiger charge is -2.11. The Hall–Kier alpha value is -1.68. The van der Waals surface area contributed by atoms with E-state index in [1.165, 1.54) is 4.88 Å². The van der Waals surface area contributed by atoms with Crippen molar-refractivity contribution in [1.82, 2.24) is 15.6 Å². The number of aryl methyl sites for hydroxylation is 1. The number of nitrogens with zero attached hydrogens (tertiary/aromatic N) is 2. The maximum atomic E-state index is 11.2. The molecule has 6 nitrogen and oxygen atoms in total. The summed E-state index contributed by atoms with van der Waals surface area (Å²) >= 11 is 1.71. The molecule has 0 aliphatic heterocycles. The van der Waals surface area contributed by atoms with Crippen LogP contribution in [0.25, 0.3) is 0 Å². The van der Waals surface area contributed by atoms with Crippen molar-refractivity contribution in [2.24, 2.45) is 10.7 Å². The Labute approximate surface area is 163 Å². The van der Waals surface area contributed by atoms with Gasteiger partial charge in [0.1, 0.15) is 0 Å². The molecule has 0 fully saturated rings. The van der Waals surface area contributed by atoms with E-state index in [1.807, 2.05) is 18.3 Å². The first-order valence-electron chi connectivity index (χ1n) is 7.33. The average molecular weight is 459 g/mol. The third kappa shape index (κ3) is 6.44. The van der Waals surface area contributed by atoms with Gasteiger partial charge in [-0.25, -0.2) is 4.98 Å². The first kappa shape index (κ1) is 20.4. The summed E-state index contributed by atoms with van der Waals surface area (Å²) in [6.07, 6.45) is 2.75. The zero-order valence-corrected chi connectivity index (χ0v) is 16.9. The van der Waals surface area contributed by atoms with Gasteiger partial charge in [-0.15, -0.1) is 35.3 Å². The molecule has 4 N–H and O–H groups in total. The normalized spacial score (nSPS) is 10.8. The standard InChI is InChI=1S/C16H21N5OS.HI/c1-11-9-20-14(23-11)6-7-19-16(18-2)21-10-12-4-3-5-13(8-12)15(17)22;/h3-5,8-9H,6-7,10H2,1-2H3,(H2,17,22)(H2,18,19,21);1H. The highest BCUT2D eigenvalue weighted by Gasteiger charge is 2.03. The van der Waals surface area contributed by atoms with Crippen molar-refractivity contribution in [3.63, 3.8) is 0 Å². The number of halogens is 1. The number of rotatable bonds is 6. The lowest BCUT2D eigenvalue weighted by atomic mass is 10.1. The van der Waals surface area contributed by atoms with Crippen LogP contribution in [0.15, 0.2) is 35.5 Å². The molecule has 2 aromatic rings. The quantitative estimate of drug-likeness (QED) is 0.351. The van der Waals surface area contributed by atoms with Crippen molar-refractivity contribution in [2.75, 3.05) is 13.6 Å². The molecule has 0 aliphatic rings. The van der Waals surface area contributed by atoms with Gasteiger partial charge in [0.05, 0.1) is 5.01 Å². The predicted octanol–water partition coefficient (Wildman–Crippen LogP) is 2.08. The largest absolute Gasteiger partial charge is 0.366 e. The molecule has 130 valence electrons. The Morgan fingerprint density at radius 2 is 2.17 bits per heavy atom. The Morgan fingerprint density at radius 1 is 1.38 bits per heavy atom. The molecule has 0 unspecified atom stereocenters. The van der Waals surface area contributed by atoms with Gasteiger partial charge in [-0.2, -0.15) is 0 Å². The van der Waals surface area contributed by atoms with Crippen LogP contribution >= 0.6 is 35.3 Å². The first-order valence-corrected chi connectivity index (χ1v) is 8.14. The van der Waals surface area contributed by atoms with Gasteiger partial charge < -0.3 is 16.4 Å². The minimum atomic E-state index is -0.423. The zero-order valence-electron chi connectivity index (χ0n) is 13.7. The smallest absolute Gasteiger partial charge is 0.248 e. The van der Waals surface area contributed by atoms with Crippen LogP contribution in [-0.2, 0) is 13.0 Å². The Bertz CT molecular complexity index is 701. The fourth-order valence-electron chi connectivity index (χ4n) is 2.05. The van der Waals surface area contributed by atoms with Crippen molar-refractivity contribution >= 4 is 47.2 Å². The lowest BCUT2D eigenvalue weighted by molar-refractivity contribution is 0.1000. The van der Waals surface area contributed by atoms with E-state index in [4.69, 9.17) is 5.73 Å². The second-order valence-corrected chi connectivity index (χ2v) is 6.35.